The molecule has 0 radical (unpaired) electrons. The molecule has 0 saturated heterocycles. The van der Waals surface area contributed by atoms with Gasteiger partial charge in [-0.25, -0.2) is 4.85 Å². The molecule has 0 saturated carbocycles. The number of para-hydroxylation sites is 2. The van der Waals surface area contributed by atoms with Crippen LogP contribution in [0.3, 0.4) is 0 Å². The fourth-order valence-electron chi connectivity index (χ4n) is 9.64. The molecule has 63 heavy (non-hydrogen) atoms. The van der Waals surface area contributed by atoms with Crippen LogP contribution in [-0.4, -0.2) is 9.13 Å². The van der Waals surface area contributed by atoms with Gasteiger partial charge in [0.1, 0.15) is 0 Å². The average molecular weight is 805 g/mol. The molecule has 11 aromatic rings. The molecule has 4 nitrogen and oxygen atoms in total. The molecule has 296 valence electrons. The van der Waals surface area contributed by atoms with Gasteiger partial charge in [0.05, 0.1) is 46.0 Å². The van der Waals surface area contributed by atoms with Crippen LogP contribution in [0.25, 0.3) is 104 Å². The van der Waals surface area contributed by atoms with E-state index in [9.17, 15) is 5.26 Å². The Bertz CT molecular complexity index is 3750. The SMILES string of the molecule is [C-]#[N+]c1ccc(-n2c3ccccc3c3cc(-c4cccc(C)c4)ccc32)cc1-c1cc(-c2ccc(C#N)cc2C)ccc1-n1c2ccccc2c2cc(-c3cccc(C)c3)ccc21. The van der Waals surface area contributed by atoms with E-state index < -0.39 is 0 Å². The van der Waals surface area contributed by atoms with Crippen LogP contribution in [0.15, 0.2) is 188 Å². The molecule has 2 aromatic heterocycles. The Morgan fingerprint density at radius 3 is 1.60 bits per heavy atom. The predicted octanol–water partition coefficient (Wildman–Crippen LogP) is 15.9. The highest BCUT2D eigenvalue weighted by atomic mass is 15.0. The van der Waals surface area contributed by atoms with Crippen molar-refractivity contribution in [3.05, 3.63) is 222 Å². The van der Waals surface area contributed by atoms with Gasteiger partial charge >= 0.3 is 0 Å². The van der Waals surface area contributed by atoms with Gasteiger partial charge in [-0.05, 0) is 144 Å². The highest BCUT2D eigenvalue weighted by molar-refractivity contribution is 6.12. The lowest BCUT2D eigenvalue weighted by molar-refractivity contribution is 1.17. The van der Waals surface area contributed by atoms with Crippen LogP contribution in [-0.2, 0) is 0 Å². The van der Waals surface area contributed by atoms with Gasteiger partial charge in [0, 0.05) is 27.2 Å². The smallest absolute Gasteiger partial charge is 0.195 e. The second kappa shape index (κ2) is 14.9. The van der Waals surface area contributed by atoms with Crippen LogP contribution < -0.4 is 0 Å². The zero-order valence-corrected chi connectivity index (χ0v) is 35.2. The number of benzene rings is 9. The first-order valence-corrected chi connectivity index (χ1v) is 21.3. The number of nitriles is 1. The Morgan fingerprint density at radius 1 is 0.429 bits per heavy atom. The number of fused-ring (bicyclic) bond motifs is 6. The van der Waals surface area contributed by atoms with Crippen LogP contribution in [0, 0.1) is 38.7 Å². The van der Waals surface area contributed by atoms with Gasteiger partial charge in [-0.3, -0.25) is 0 Å². The first kappa shape index (κ1) is 37.6. The molecule has 11 rings (SSSR count). The highest BCUT2D eigenvalue weighted by Gasteiger charge is 2.21. The zero-order chi connectivity index (χ0) is 42.8. The first-order valence-electron chi connectivity index (χ1n) is 21.3. The number of hydrogen-bond acceptors (Lipinski definition) is 1. The maximum absolute atomic E-state index is 9.71. The summed E-state index contributed by atoms with van der Waals surface area (Å²) in [5.41, 5.74) is 19.6. The van der Waals surface area contributed by atoms with Crippen LogP contribution in [0.4, 0.5) is 5.69 Å². The van der Waals surface area contributed by atoms with Gasteiger partial charge in [0.15, 0.2) is 5.69 Å². The molecule has 0 fully saturated rings. The van der Waals surface area contributed by atoms with Crippen molar-refractivity contribution in [3.63, 3.8) is 0 Å². The molecule has 0 bridgehead atoms. The van der Waals surface area contributed by atoms with Crippen LogP contribution >= 0.6 is 0 Å². The predicted molar refractivity (Wildman–Crippen MR) is 262 cm³/mol. The molecule has 9 aromatic carbocycles. The lowest BCUT2D eigenvalue weighted by atomic mass is 9.93. The quantitative estimate of drug-likeness (QED) is 0.154. The molecular weight excluding hydrogens is 765 g/mol. The van der Waals surface area contributed by atoms with Crippen molar-refractivity contribution in [2.45, 2.75) is 20.8 Å². The van der Waals surface area contributed by atoms with Crippen molar-refractivity contribution in [3.8, 4) is 62.0 Å². The summed E-state index contributed by atoms with van der Waals surface area (Å²) in [4.78, 5) is 4.18. The Hall–Kier alpha value is -8.44. The van der Waals surface area contributed by atoms with E-state index in [-0.39, 0.29) is 0 Å². The molecule has 4 heteroatoms. The van der Waals surface area contributed by atoms with Gasteiger partial charge in [-0.15, -0.1) is 0 Å². The molecule has 0 N–H and O–H groups in total. The van der Waals surface area contributed by atoms with Gasteiger partial charge in [-0.2, -0.15) is 5.26 Å². The molecule has 0 unspecified atom stereocenters. The second-order valence-corrected chi connectivity index (χ2v) is 16.6. The van der Waals surface area contributed by atoms with E-state index in [0.717, 1.165) is 72.0 Å². The van der Waals surface area contributed by atoms with Gasteiger partial charge < -0.3 is 9.13 Å². The third-order valence-corrected chi connectivity index (χ3v) is 12.6. The van der Waals surface area contributed by atoms with E-state index in [4.69, 9.17) is 6.57 Å². The lowest BCUT2D eigenvalue weighted by Gasteiger charge is -2.19. The van der Waals surface area contributed by atoms with Crippen molar-refractivity contribution >= 4 is 49.3 Å². The molecule has 0 spiro atoms. The summed E-state index contributed by atoms with van der Waals surface area (Å²) in [5, 5.41) is 14.4. The van der Waals surface area contributed by atoms with Gasteiger partial charge in [0.25, 0.3) is 0 Å². The fraction of sp³-hybridized carbons (Fsp3) is 0.0508. The standard InChI is InChI=1S/C59H40N4/c1-37-11-9-13-41(29-37)43-20-26-57-51(32-43)48-15-5-7-17-55(48)62(57)46-23-25-54(61-4)50(35-46)53-34-45(47-24-19-40(36-60)31-39(47)3)22-28-59(53)63-56-18-8-6-16-49(56)52-33-44(21-27-58(52)63)42-14-10-12-38(2)30-42/h5-35H,1-3H3. The molecule has 0 aliphatic heterocycles. The molecule has 0 aliphatic rings. The fourth-order valence-corrected chi connectivity index (χ4v) is 9.64. The first-order chi connectivity index (χ1) is 30.9. The summed E-state index contributed by atoms with van der Waals surface area (Å²) in [6.45, 7) is 14.9. The van der Waals surface area contributed by atoms with Crippen molar-refractivity contribution in [1.29, 1.82) is 5.26 Å². The average Bonchev–Trinajstić information content (AvgIpc) is 3.83. The summed E-state index contributed by atoms with van der Waals surface area (Å²) in [5.74, 6) is 0. The van der Waals surface area contributed by atoms with Gasteiger partial charge in [0.2, 0.25) is 0 Å². The van der Waals surface area contributed by atoms with Crippen molar-refractivity contribution in [2.75, 3.05) is 0 Å². The number of hydrogen-bond donors (Lipinski definition) is 0. The van der Waals surface area contributed by atoms with Crippen molar-refractivity contribution < 1.29 is 0 Å². The monoisotopic (exact) mass is 804 g/mol. The minimum atomic E-state index is 0.568. The molecule has 0 amide bonds. The summed E-state index contributed by atoms with van der Waals surface area (Å²) in [7, 11) is 0. The Balaban J connectivity index is 1.17. The van der Waals surface area contributed by atoms with E-state index in [1.165, 1.54) is 44.2 Å². The van der Waals surface area contributed by atoms with Gasteiger partial charge in [-0.1, -0.05) is 126 Å². The van der Waals surface area contributed by atoms with E-state index in [2.05, 4.69) is 205 Å². The second-order valence-electron chi connectivity index (χ2n) is 16.6. The maximum Gasteiger partial charge on any atom is 0.195 e. The Kier molecular flexibility index (Phi) is 8.90. The van der Waals surface area contributed by atoms with Crippen LogP contribution in [0.1, 0.15) is 22.3 Å². The molecular formula is C59H40N4. The normalized spacial score (nSPS) is 11.4. The number of aryl methyl sites for hydroxylation is 3. The van der Waals surface area contributed by atoms with Crippen molar-refractivity contribution in [2.24, 2.45) is 0 Å². The largest absolute Gasteiger partial charge is 0.309 e. The molecule has 0 atom stereocenters. The number of rotatable bonds is 6. The third-order valence-electron chi connectivity index (χ3n) is 12.6. The minimum Gasteiger partial charge on any atom is -0.309 e. The van der Waals surface area contributed by atoms with E-state index in [1.807, 2.05) is 24.3 Å². The number of nitrogens with zero attached hydrogens (tertiary/aromatic N) is 4. The Labute approximate surface area is 366 Å². The minimum absolute atomic E-state index is 0.568. The van der Waals surface area contributed by atoms with E-state index in [0.29, 0.717) is 11.3 Å². The molecule has 2 heterocycles. The van der Waals surface area contributed by atoms with Crippen LogP contribution in [0.5, 0.6) is 0 Å². The van der Waals surface area contributed by atoms with E-state index >= 15 is 0 Å². The summed E-state index contributed by atoms with van der Waals surface area (Å²) in [6.07, 6.45) is 0. The Morgan fingerprint density at radius 2 is 1.00 bits per heavy atom. The lowest BCUT2D eigenvalue weighted by Crippen LogP contribution is -2.00. The number of aromatic nitrogens is 2. The summed E-state index contributed by atoms with van der Waals surface area (Å²) in [6, 6.07) is 69.1. The zero-order valence-electron chi connectivity index (χ0n) is 35.2. The topological polar surface area (TPSA) is 38.0 Å². The van der Waals surface area contributed by atoms with E-state index in [1.54, 1.807) is 0 Å². The van der Waals surface area contributed by atoms with Crippen LogP contribution in [0.2, 0.25) is 0 Å². The summed E-state index contributed by atoms with van der Waals surface area (Å²) < 4.78 is 4.70. The highest BCUT2D eigenvalue weighted by Crippen LogP contribution is 2.44. The third kappa shape index (κ3) is 6.28. The maximum atomic E-state index is 9.71. The molecule has 0 aliphatic carbocycles. The van der Waals surface area contributed by atoms with Crippen molar-refractivity contribution in [1.82, 2.24) is 9.13 Å². The summed E-state index contributed by atoms with van der Waals surface area (Å²) >= 11 is 0.